The Morgan fingerprint density at radius 1 is 1.33 bits per heavy atom. The van der Waals surface area contributed by atoms with Gasteiger partial charge in [-0.1, -0.05) is 6.92 Å². The number of sulfonamides is 1. The van der Waals surface area contributed by atoms with E-state index in [2.05, 4.69) is 17.6 Å². The highest BCUT2D eigenvalue weighted by Gasteiger charge is 2.33. The van der Waals surface area contributed by atoms with E-state index in [4.69, 9.17) is 0 Å². The van der Waals surface area contributed by atoms with Crippen LogP contribution in [0.2, 0.25) is 0 Å². The summed E-state index contributed by atoms with van der Waals surface area (Å²) in [5.74, 6) is -0.309. The number of hydrogen-bond acceptors (Lipinski definition) is 5. The number of piperidine rings is 1. The van der Waals surface area contributed by atoms with Crippen molar-refractivity contribution in [3.63, 3.8) is 0 Å². The lowest BCUT2D eigenvalue weighted by Gasteiger charge is -2.30. The smallest absolute Gasteiger partial charge is 0.252 e. The lowest BCUT2D eigenvalue weighted by atomic mass is 9.99. The Kier molecular flexibility index (Phi) is 7.21. The van der Waals surface area contributed by atoms with Gasteiger partial charge in [-0.2, -0.15) is 4.31 Å². The summed E-state index contributed by atoms with van der Waals surface area (Å²) in [6.45, 7) is 7.00. The summed E-state index contributed by atoms with van der Waals surface area (Å²) in [4.78, 5) is 13.3. The number of amides is 1. The Balaban J connectivity index is 1.90. The highest BCUT2D eigenvalue weighted by atomic mass is 32.2. The Labute approximate surface area is 148 Å². The predicted molar refractivity (Wildman–Crippen MR) is 96.7 cm³/mol. The summed E-state index contributed by atoms with van der Waals surface area (Å²) in [7, 11) is -3.48. The zero-order valence-electron chi connectivity index (χ0n) is 14.4. The largest absolute Gasteiger partial charge is 0.355 e. The molecule has 24 heavy (non-hydrogen) atoms. The first-order chi connectivity index (χ1) is 11.4. The first-order valence-electron chi connectivity index (χ1n) is 8.50. The summed E-state index contributed by atoms with van der Waals surface area (Å²) in [6, 6.07) is 3.47. The fourth-order valence-electron chi connectivity index (χ4n) is 2.77. The molecule has 1 amide bonds. The van der Waals surface area contributed by atoms with Crippen molar-refractivity contribution in [1.29, 1.82) is 0 Å². The van der Waals surface area contributed by atoms with Gasteiger partial charge < -0.3 is 10.6 Å². The first-order valence-corrected chi connectivity index (χ1v) is 10.8. The molecule has 0 radical (unpaired) electrons. The van der Waals surface area contributed by atoms with Crippen LogP contribution in [0.25, 0.3) is 0 Å². The summed E-state index contributed by atoms with van der Waals surface area (Å²) in [6.07, 6.45) is 2.52. The molecule has 136 valence electrons. The van der Waals surface area contributed by atoms with E-state index < -0.39 is 10.0 Å². The topological polar surface area (TPSA) is 78.5 Å². The van der Waals surface area contributed by atoms with Gasteiger partial charge in [-0.05, 0) is 44.9 Å². The predicted octanol–water partition coefficient (Wildman–Crippen LogP) is 1.57. The summed E-state index contributed by atoms with van der Waals surface area (Å²) in [5, 5.41) is 6.14. The van der Waals surface area contributed by atoms with Crippen LogP contribution < -0.4 is 10.6 Å². The van der Waals surface area contributed by atoms with Crippen molar-refractivity contribution < 1.29 is 13.2 Å². The van der Waals surface area contributed by atoms with Crippen molar-refractivity contribution in [2.45, 2.75) is 37.3 Å². The van der Waals surface area contributed by atoms with E-state index in [1.807, 2.05) is 13.0 Å². The van der Waals surface area contributed by atoms with Gasteiger partial charge in [0.1, 0.15) is 4.21 Å². The maximum Gasteiger partial charge on any atom is 0.252 e. The van der Waals surface area contributed by atoms with Gasteiger partial charge in [-0.15, -0.1) is 11.3 Å². The van der Waals surface area contributed by atoms with E-state index in [1.54, 1.807) is 6.07 Å². The Hall–Kier alpha value is -0.960. The normalized spacial score (nSPS) is 19.3. The second kappa shape index (κ2) is 8.94. The Morgan fingerprint density at radius 3 is 2.79 bits per heavy atom. The third-order valence-corrected chi connectivity index (χ3v) is 7.43. The Bertz CT molecular complexity index is 643. The lowest BCUT2D eigenvalue weighted by molar-refractivity contribution is -0.126. The standard InChI is InChI=1S/C16H27N3O3S2/c1-3-8-17-9-10-18-16(20)14-5-4-11-19(12-14)24(21,22)15-7-6-13(2)23-15/h6-7,14,17H,3-5,8-12H2,1-2H3,(H,18,20). The van der Waals surface area contributed by atoms with Gasteiger partial charge in [0.05, 0.1) is 5.92 Å². The van der Waals surface area contributed by atoms with Gasteiger partial charge in [0.2, 0.25) is 5.91 Å². The summed E-state index contributed by atoms with van der Waals surface area (Å²) in [5.41, 5.74) is 0. The number of thiophene rings is 1. The van der Waals surface area contributed by atoms with Crippen molar-refractivity contribution in [2.75, 3.05) is 32.7 Å². The molecule has 1 aromatic heterocycles. The highest BCUT2D eigenvalue weighted by molar-refractivity contribution is 7.91. The van der Waals surface area contributed by atoms with E-state index in [9.17, 15) is 13.2 Å². The third-order valence-electron chi connectivity index (χ3n) is 4.09. The molecule has 1 aromatic rings. The maximum atomic E-state index is 12.7. The van der Waals surface area contributed by atoms with Crippen LogP contribution in [0.1, 0.15) is 31.1 Å². The van der Waals surface area contributed by atoms with Crippen molar-refractivity contribution in [1.82, 2.24) is 14.9 Å². The minimum absolute atomic E-state index is 0.0458. The van der Waals surface area contributed by atoms with Crippen molar-refractivity contribution in [3.05, 3.63) is 17.0 Å². The SMILES string of the molecule is CCCNCCNC(=O)C1CCCN(S(=O)(=O)c2ccc(C)s2)C1. The van der Waals surface area contributed by atoms with Crippen LogP contribution >= 0.6 is 11.3 Å². The van der Waals surface area contributed by atoms with Crippen molar-refractivity contribution >= 4 is 27.3 Å². The second-order valence-electron chi connectivity index (χ2n) is 6.11. The fourth-order valence-corrected chi connectivity index (χ4v) is 5.73. The van der Waals surface area contributed by atoms with Crippen LogP contribution in [-0.2, 0) is 14.8 Å². The zero-order valence-corrected chi connectivity index (χ0v) is 16.0. The molecule has 0 aromatic carbocycles. The molecule has 1 atom stereocenters. The van der Waals surface area contributed by atoms with Crippen molar-refractivity contribution in [3.8, 4) is 0 Å². The van der Waals surface area contributed by atoms with Crippen LogP contribution in [0.15, 0.2) is 16.3 Å². The molecule has 1 unspecified atom stereocenters. The number of hydrogen-bond donors (Lipinski definition) is 2. The molecule has 1 aliphatic rings. The fraction of sp³-hybridized carbons (Fsp3) is 0.688. The van der Waals surface area contributed by atoms with Crippen LogP contribution in [0, 0.1) is 12.8 Å². The van der Waals surface area contributed by atoms with Crippen molar-refractivity contribution in [2.24, 2.45) is 5.92 Å². The molecule has 2 rings (SSSR count). The van der Waals surface area contributed by atoms with Gasteiger partial charge in [-0.25, -0.2) is 8.42 Å². The van der Waals surface area contributed by atoms with Crippen LogP contribution in [0.3, 0.4) is 0 Å². The number of nitrogens with one attached hydrogen (secondary N) is 2. The molecule has 0 spiro atoms. The molecule has 1 fully saturated rings. The van der Waals surface area contributed by atoms with Crippen LogP contribution in [0.5, 0.6) is 0 Å². The van der Waals surface area contributed by atoms with Gasteiger partial charge >= 0.3 is 0 Å². The molecular weight excluding hydrogens is 346 g/mol. The minimum Gasteiger partial charge on any atom is -0.355 e. The van der Waals surface area contributed by atoms with Gasteiger partial charge in [0.25, 0.3) is 10.0 Å². The lowest BCUT2D eigenvalue weighted by Crippen LogP contribution is -2.46. The average Bonchev–Trinajstić information content (AvgIpc) is 3.02. The average molecular weight is 374 g/mol. The summed E-state index contributed by atoms with van der Waals surface area (Å²) < 4.78 is 27.2. The quantitative estimate of drug-likeness (QED) is 0.678. The zero-order chi connectivity index (χ0) is 17.6. The van der Waals surface area contributed by atoms with Gasteiger partial charge in [0.15, 0.2) is 0 Å². The van der Waals surface area contributed by atoms with Crippen LogP contribution in [0.4, 0.5) is 0 Å². The molecule has 2 N–H and O–H groups in total. The number of nitrogens with zero attached hydrogens (tertiary/aromatic N) is 1. The molecule has 0 aliphatic carbocycles. The molecule has 8 heteroatoms. The minimum atomic E-state index is -3.48. The van der Waals surface area contributed by atoms with Crippen LogP contribution in [-0.4, -0.2) is 51.4 Å². The molecule has 0 saturated carbocycles. The number of carbonyl (C=O) groups is 1. The van der Waals surface area contributed by atoms with Gasteiger partial charge in [-0.3, -0.25) is 4.79 Å². The van der Waals surface area contributed by atoms with E-state index in [0.29, 0.717) is 17.3 Å². The number of rotatable bonds is 8. The maximum absolute atomic E-state index is 12.7. The van der Waals surface area contributed by atoms with E-state index in [0.717, 1.165) is 37.2 Å². The molecule has 2 heterocycles. The number of carbonyl (C=O) groups excluding carboxylic acids is 1. The van der Waals surface area contributed by atoms with E-state index >= 15 is 0 Å². The Morgan fingerprint density at radius 2 is 2.12 bits per heavy atom. The highest BCUT2D eigenvalue weighted by Crippen LogP contribution is 2.28. The first kappa shape index (κ1) is 19.4. The molecule has 1 saturated heterocycles. The number of aryl methyl sites for hydroxylation is 1. The molecule has 6 nitrogen and oxygen atoms in total. The monoisotopic (exact) mass is 373 g/mol. The molecular formula is C16H27N3O3S2. The molecule has 0 bridgehead atoms. The summed E-state index contributed by atoms with van der Waals surface area (Å²) >= 11 is 1.28. The third kappa shape index (κ3) is 5.02. The molecule has 1 aliphatic heterocycles. The van der Waals surface area contributed by atoms with E-state index in [-0.39, 0.29) is 18.4 Å². The second-order valence-corrected chi connectivity index (χ2v) is 9.56. The van der Waals surface area contributed by atoms with E-state index in [1.165, 1.54) is 15.6 Å². The van der Waals surface area contributed by atoms with Gasteiger partial charge in [0, 0.05) is 31.1 Å².